The molecule has 102 valence electrons. The molecule has 0 N–H and O–H groups in total. The number of fused-ring (bicyclic) bond motifs is 1. The zero-order chi connectivity index (χ0) is 13.1. The van der Waals surface area contributed by atoms with E-state index in [9.17, 15) is 0 Å². The van der Waals surface area contributed by atoms with E-state index in [1.807, 2.05) is 0 Å². The molecule has 2 nitrogen and oxygen atoms in total. The largest absolute Gasteiger partial charge is 0.346 e. The highest BCUT2D eigenvalue weighted by Crippen LogP contribution is 2.18. The monoisotopic (exact) mass is 256 g/mol. The second kappa shape index (κ2) is 5.79. The molecule has 1 aliphatic rings. The Labute approximate surface area is 116 Å². The third-order valence-electron chi connectivity index (χ3n) is 4.35. The van der Waals surface area contributed by atoms with Gasteiger partial charge in [0, 0.05) is 24.8 Å². The minimum atomic E-state index is 1.12. The van der Waals surface area contributed by atoms with Gasteiger partial charge in [0.2, 0.25) is 0 Å². The van der Waals surface area contributed by atoms with Gasteiger partial charge in [-0.05, 0) is 61.5 Å². The molecular formula is C17H24N2. The summed E-state index contributed by atoms with van der Waals surface area (Å²) in [5.74, 6) is 0. The normalized spacial score (nSPS) is 17.1. The van der Waals surface area contributed by atoms with Crippen molar-refractivity contribution >= 4 is 10.9 Å². The summed E-state index contributed by atoms with van der Waals surface area (Å²) in [5, 5.41) is 1.39. The summed E-state index contributed by atoms with van der Waals surface area (Å²) < 4.78 is 2.41. The van der Waals surface area contributed by atoms with Crippen molar-refractivity contribution in [2.75, 3.05) is 19.6 Å². The molecule has 2 heteroatoms. The molecule has 1 aliphatic heterocycles. The number of hydrogen-bond acceptors (Lipinski definition) is 1. The Balaban J connectivity index is 1.70. The van der Waals surface area contributed by atoms with Crippen LogP contribution in [0.3, 0.4) is 0 Å². The highest BCUT2D eigenvalue weighted by atomic mass is 15.1. The molecule has 1 aromatic carbocycles. The number of hydrogen-bond donors (Lipinski definition) is 0. The van der Waals surface area contributed by atoms with Crippen LogP contribution >= 0.6 is 0 Å². The van der Waals surface area contributed by atoms with Crippen LogP contribution in [0.2, 0.25) is 0 Å². The molecule has 0 bridgehead atoms. The Bertz CT molecular complexity index is 535. The molecule has 0 saturated carbocycles. The van der Waals surface area contributed by atoms with Crippen LogP contribution in [0, 0.1) is 0 Å². The third kappa shape index (κ3) is 2.84. The number of nitrogens with zero attached hydrogens (tertiary/aromatic N) is 2. The first-order chi connectivity index (χ1) is 9.36. The lowest BCUT2D eigenvalue weighted by Crippen LogP contribution is -2.32. The Morgan fingerprint density at radius 1 is 1.00 bits per heavy atom. The van der Waals surface area contributed by atoms with Crippen LogP contribution in [-0.2, 0) is 13.0 Å². The van der Waals surface area contributed by atoms with E-state index in [4.69, 9.17) is 0 Å². The van der Waals surface area contributed by atoms with Crippen molar-refractivity contribution in [3.63, 3.8) is 0 Å². The van der Waals surface area contributed by atoms with Crippen molar-refractivity contribution in [1.29, 1.82) is 0 Å². The SMILES string of the molecule is CCc1ccc2c(ccn2CCN2CCCCC2)c1. The zero-order valence-electron chi connectivity index (χ0n) is 11.9. The van der Waals surface area contributed by atoms with Gasteiger partial charge in [0.1, 0.15) is 0 Å². The van der Waals surface area contributed by atoms with Crippen LogP contribution in [-0.4, -0.2) is 29.1 Å². The van der Waals surface area contributed by atoms with Crippen LogP contribution in [0.4, 0.5) is 0 Å². The predicted molar refractivity (Wildman–Crippen MR) is 81.6 cm³/mol. The number of aryl methyl sites for hydroxylation is 1. The van der Waals surface area contributed by atoms with Crippen molar-refractivity contribution in [1.82, 2.24) is 9.47 Å². The molecular weight excluding hydrogens is 232 g/mol. The molecule has 2 aromatic rings. The molecule has 1 aromatic heterocycles. The van der Waals surface area contributed by atoms with Crippen LogP contribution in [0.15, 0.2) is 30.5 Å². The quantitative estimate of drug-likeness (QED) is 0.810. The number of aromatic nitrogens is 1. The minimum Gasteiger partial charge on any atom is -0.346 e. The molecule has 0 aliphatic carbocycles. The average molecular weight is 256 g/mol. The maximum Gasteiger partial charge on any atom is 0.0480 e. The fourth-order valence-corrected chi connectivity index (χ4v) is 3.10. The molecule has 1 fully saturated rings. The van der Waals surface area contributed by atoms with Gasteiger partial charge >= 0.3 is 0 Å². The first-order valence-corrected chi connectivity index (χ1v) is 7.67. The van der Waals surface area contributed by atoms with Crippen LogP contribution < -0.4 is 0 Å². The molecule has 0 unspecified atom stereocenters. The van der Waals surface area contributed by atoms with Crippen molar-refractivity contribution in [3.05, 3.63) is 36.0 Å². The second-order valence-electron chi connectivity index (χ2n) is 5.66. The van der Waals surface area contributed by atoms with E-state index in [0.29, 0.717) is 0 Å². The van der Waals surface area contributed by atoms with Gasteiger partial charge in [-0.15, -0.1) is 0 Å². The number of rotatable bonds is 4. The van der Waals surface area contributed by atoms with Gasteiger partial charge in [-0.2, -0.15) is 0 Å². The van der Waals surface area contributed by atoms with Crippen molar-refractivity contribution < 1.29 is 0 Å². The van der Waals surface area contributed by atoms with E-state index in [2.05, 4.69) is 46.9 Å². The number of likely N-dealkylation sites (tertiary alicyclic amines) is 1. The van der Waals surface area contributed by atoms with Gasteiger partial charge in [0.15, 0.2) is 0 Å². The maximum absolute atomic E-state index is 2.61. The fourth-order valence-electron chi connectivity index (χ4n) is 3.10. The Kier molecular flexibility index (Phi) is 3.88. The molecule has 0 atom stereocenters. The predicted octanol–water partition coefficient (Wildman–Crippen LogP) is 3.69. The lowest BCUT2D eigenvalue weighted by molar-refractivity contribution is 0.221. The smallest absolute Gasteiger partial charge is 0.0480 e. The van der Waals surface area contributed by atoms with Crippen LogP contribution in [0.25, 0.3) is 10.9 Å². The summed E-state index contributed by atoms with van der Waals surface area (Å²) in [6, 6.07) is 9.13. The van der Waals surface area contributed by atoms with Gasteiger partial charge in [0.05, 0.1) is 0 Å². The molecule has 0 amide bonds. The van der Waals surface area contributed by atoms with E-state index < -0.39 is 0 Å². The highest BCUT2D eigenvalue weighted by molar-refractivity contribution is 5.80. The first-order valence-electron chi connectivity index (χ1n) is 7.67. The summed E-state index contributed by atoms with van der Waals surface area (Å²) in [4.78, 5) is 2.61. The van der Waals surface area contributed by atoms with Gasteiger partial charge in [-0.3, -0.25) is 0 Å². The van der Waals surface area contributed by atoms with E-state index in [1.165, 1.54) is 55.4 Å². The minimum absolute atomic E-state index is 1.12. The summed E-state index contributed by atoms with van der Waals surface area (Å²) in [6.07, 6.45) is 7.55. The second-order valence-corrected chi connectivity index (χ2v) is 5.66. The molecule has 2 heterocycles. The lowest BCUT2D eigenvalue weighted by atomic mass is 10.1. The van der Waals surface area contributed by atoms with Gasteiger partial charge in [-0.25, -0.2) is 0 Å². The van der Waals surface area contributed by atoms with E-state index in [1.54, 1.807) is 0 Å². The van der Waals surface area contributed by atoms with E-state index in [-0.39, 0.29) is 0 Å². The van der Waals surface area contributed by atoms with Crippen molar-refractivity contribution in [2.24, 2.45) is 0 Å². The summed E-state index contributed by atoms with van der Waals surface area (Å²) >= 11 is 0. The van der Waals surface area contributed by atoms with Gasteiger partial charge < -0.3 is 9.47 Å². The molecule has 0 radical (unpaired) electrons. The van der Waals surface area contributed by atoms with E-state index in [0.717, 1.165) is 13.0 Å². The Morgan fingerprint density at radius 2 is 1.84 bits per heavy atom. The molecule has 1 saturated heterocycles. The summed E-state index contributed by atoms with van der Waals surface area (Å²) in [7, 11) is 0. The van der Waals surface area contributed by atoms with Gasteiger partial charge in [0.25, 0.3) is 0 Å². The fraction of sp³-hybridized carbons (Fsp3) is 0.529. The summed E-state index contributed by atoms with van der Waals surface area (Å²) in [6.45, 7) is 7.11. The van der Waals surface area contributed by atoms with Crippen LogP contribution in [0.1, 0.15) is 31.7 Å². The summed E-state index contributed by atoms with van der Waals surface area (Å²) in [5.41, 5.74) is 2.82. The van der Waals surface area contributed by atoms with Crippen molar-refractivity contribution in [3.8, 4) is 0 Å². The maximum atomic E-state index is 2.61. The van der Waals surface area contributed by atoms with E-state index >= 15 is 0 Å². The number of piperidine rings is 1. The zero-order valence-corrected chi connectivity index (χ0v) is 11.9. The number of benzene rings is 1. The first kappa shape index (κ1) is 12.7. The highest BCUT2D eigenvalue weighted by Gasteiger charge is 2.10. The molecule has 3 rings (SSSR count). The van der Waals surface area contributed by atoms with Crippen LogP contribution in [0.5, 0.6) is 0 Å². The van der Waals surface area contributed by atoms with Crippen molar-refractivity contribution in [2.45, 2.75) is 39.2 Å². The van der Waals surface area contributed by atoms with Gasteiger partial charge in [-0.1, -0.05) is 19.4 Å². The standard InChI is InChI=1S/C17H24N2/c1-2-15-6-7-17-16(14-15)8-11-19(17)13-12-18-9-4-3-5-10-18/h6-8,11,14H,2-5,9-10,12-13H2,1H3. The molecule has 0 spiro atoms. The lowest BCUT2D eigenvalue weighted by Gasteiger charge is -2.26. The Hall–Kier alpha value is -1.28. The average Bonchev–Trinajstić information content (AvgIpc) is 2.88. The Morgan fingerprint density at radius 3 is 2.63 bits per heavy atom. The molecule has 19 heavy (non-hydrogen) atoms. The topological polar surface area (TPSA) is 8.17 Å². The third-order valence-corrected chi connectivity index (χ3v) is 4.35.